The number of benzene rings is 4. The van der Waals surface area contributed by atoms with Crippen molar-refractivity contribution in [3.63, 3.8) is 0 Å². The number of hydrogen-bond donors (Lipinski definition) is 1. The third-order valence-electron chi connectivity index (χ3n) is 6.15. The Kier molecular flexibility index (Phi) is 4.47. The number of para-hydroxylation sites is 2. The predicted molar refractivity (Wildman–Crippen MR) is 130 cm³/mol. The highest BCUT2D eigenvalue weighted by atomic mass is 16.4. The molecule has 1 aromatic heterocycles. The van der Waals surface area contributed by atoms with Crippen molar-refractivity contribution in [1.29, 1.82) is 0 Å². The van der Waals surface area contributed by atoms with E-state index in [0.717, 1.165) is 15.7 Å². The Morgan fingerprint density at radius 2 is 1.23 bits per heavy atom. The lowest BCUT2D eigenvalue weighted by Crippen LogP contribution is -2.30. The molecular weight excluding hydrogens is 446 g/mol. The van der Waals surface area contributed by atoms with E-state index in [0.29, 0.717) is 27.9 Å². The highest BCUT2D eigenvalue weighted by molar-refractivity contribution is 6.35. The van der Waals surface area contributed by atoms with Crippen LogP contribution in [0.4, 0.5) is 5.69 Å². The fraction of sp³-hybridized carbons (Fsp3) is 0.0357. The summed E-state index contributed by atoms with van der Waals surface area (Å²) in [6, 6.07) is 22.3. The molecule has 7 heteroatoms. The number of carbonyl (C=O) groups is 3. The molecule has 1 aliphatic heterocycles. The molecule has 0 saturated heterocycles. The predicted octanol–water partition coefficient (Wildman–Crippen LogP) is 6.26. The third-order valence-corrected chi connectivity index (χ3v) is 6.15. The van der Waals surface area contributed by atoms with E-state index >= 15 is 0 Å². The van der Waals surface area contributed by atoms with Gasteiger partial charge in [-0.3, -0.25) is 9.59 Å². The van der Waals surface area contributed by atoms with Gasteiger partial charge in [-0.15, -0.1) is 0 Å². The maximum atomic E-state index is 13.4. The van der Waals surface area contributed by atoms with Crippen LogP contribution in [-0.2, 0) is 0 Å². The molecule has 0 bridgehead atoms. The quantitative estimate of drug-likeness (QED) is 0.310. The van der Waals surface area contributed by atoms with Gasteiger partial charge in [0.25, 0.3) is 11.8 Å². The van der Waals surface area contributed by atoms with Gasteiger partial charge in [-0.2, -0.15) is 0 Å². The number of fused-ring (bicyclic) bond motifs is 5. The van der Waals surface area contributed by atoms with Crippen molar-refractivity contribution in [2.45, 2.75) is 6.92 Å². The molecule has 0 atom stereocenters. The molecule has 0 saturated carbocycles. The average Bonchev–Trinajstić information content (AvgIpc) is 3.08. The monoisotopic (exact) mass is 463 g/mol. The molecule has 1 N–H and O–H groups in total. The van der Waals surface area contributed by atoms with Gasteiger partial charge in [0.2, 0.25) is 0 Å². The van der Waals surface area contributed by atoms with Crippen LogP contribution in [0.5, 0.6) is 0 Å². The summed E-state index contributed by atoms with van der Waals surface area (Å²) >= 11 is 0. The van der Waals surface area contributed by atoms with Gasteiger partial charge in [-0.25, -0.2) is 9.69 Å². The van der Waals surface area contributed by atoms with E-state index < -0.39 is 17.8 Å². The first-order valence-corrected chi connectivity index (χ1v) is 10.9. The maximum Gasteiger partial charge on any atom is 0.335 e. The van der Waals surface area contributed by atoms with Gasteiger partial charge in [0, 0.05) is 10.8 Å². The summed E-state index contributed by atoms with van der Waals surface area (Å²) in [5, 5.41) is 11.0. The second kappa shape index (κ2) is 7.56. The molecule has 2 heterocycles. The summed E-state index contributed by atoms with van der Waals surface area (Å²) in [7, 11) is 0. The largest absolute Gasteiger partial charge is 0.478 e. The van der Waals surface area contributed by atoms with E-state index in [9.17, 15) is 19.5 Å². The van der Waals surface area contributed by atoms with E-state index in [-0.39, 0.29) is 22.4 Å². The lowest BCUT2D eigenvalue weighted by Gasteiger charge is -2.17. The van der Waals surface area contributed by atoms with Crippen molar-refractivity contribution in [2.24, 2.45) is 0 Å². The topological polar surface area (TPSA) is 101 Å². The smallest absolute Gasteiger partial charge is 0.335 e. The molecule has 0 fully saturated rings. The molecule has 0 radical (unpaired) electrons. The van der Waals surface area contributed by atoms with Crippen molar-refractivity contribution in [3.8, 4) is 0 Å². The molecule has 6 rings (SSSR count). The van der Waals surface area contributed by atoms with Gasteiger partial charge < -0.3 is 13.9 Å². The number of anilines is 1. The van der Waals surface area contributed by atoms with Crippen LogP contribution >= 0.6 is 0 Å². The van der Waals surface area contributed by atoms with Crippen molar-refractivity contribution >= 4 is 56.6 Å². The number of carboxylic acids is 1. The fourth-order valence-corrected chi connectivity index (χ4v) is 4.40. The number of carboxylic acid groups (broad SMARTS) is 1. The zero-order valence-electron chi connectivity index (χ0n) is 18.4. The Morgan fingerprint density at radius 1 is 0.714 bits per heavy atom. The standard InChI is InChI=1S/C28H17NO6/c1-15-10-11-16(28(32)33)12-21(15)29-26(30)19-13-24-25(14-20(19)27(29)31)35-23-9-5-3-7-18(23)17-6-2-4-8-22(17)34-24/h2-14H,1H3,(H,32,33). The lowest BCUT2D eigenvalue weighted by atomic mass is 10.1. The Labute approximate surface area is 198 Å². The number of aromatic carboxylic acids is 1. The highest BCUT2D eigenvalue weighted by Crippen LogP contribution is 2.35. The van der Waals surface area contributed by atoms with E-state index in [2.05, 4.69) is 0 Å². The first-order chi connectivity index (χ1) is 16.9. The number of aryl methyl sites for hydroxylation is 1. The van der Waals surface area contributed by atoms with Crippen molar-refractivity contribution in [2.75, 3.05) is 4.90 Å². The molecule has 4 aromatic carbocycles. The molecule has 0 aliphatic carbocycles. The second-order valence-corrected chi connectivity index (χ2v) is 8.29. The van der Waals surface area contributed by atoms with Crippen molar-refractivity contribution in [1.82, 2.24) is 0 Å². The Balaban J connectivity index is 1.63. The summed E-state index contributed by atoms with van der Waals surface area (Å²) in [5.74, 6) is -2.26. The summed E-state index contributed by atoms with van der Waals surface area (Å²) in [6.07, 6.45) is 0. The third kappa shape index (κ3) is 3.17. The zero-order chi connectivity index (χ0) is 24.3. The van der Waals surface area contributed by atoms with Gasteiger partial charge in [0.1, 0.15) is 11.2 Å². The average molecular weight is 463 g/mol. The molecule has 0 unspecified atom stereocenters. The number of nitrogens with zero attached hydrogens (tertiary/aromatic N) is 1. The van der Waals surface area contributed by atoms with Crippen LogP contribution in [0.3, 0.4) is 0 Å². The minimum atomic E-state index is -1.15. The van der Waals surface area contributed by atoms with E-state index in [1.807, 2.05) is 48.5 Å². The van der Waals surface area contributed by atoms with Gasteiger partial charge in [-0.1, -0.05) is 42.5 Å². The molecule has 5 aromatic rings. The van der Waals surface area contributed by atoms with Crippen LogP contribution in [0.1, 0.15) is 36.6 Å². The van der Waals surface area contributed by atoms with Crippen molar-refractivity contribution < 1.29 is 28.3 Å². The molecule has 35 heavy (non-hydrogen) atoms. The number of rotatable bonds is 2. The number of amides is 2. The summed E-state index contributed by atoms with van der Waals surface area (Å²) < 4.78 is 12.4. The van der Waals surface area contributed by atoms with Gasteiger partial charge in [0.05, 0.1) is 22.4 Å². The first kappa shape index (κ1) is 20.7. The molecule has 2 amide bonds. The maximum absolute atomic E-state index is 13.4. The van der Waals surface area contributed by atoms with Gasteiger partial charge in [0.15, 0.2) is 11.2 Å². The highest BCUT2D eigenvalue weighted by Gasteiger charge is 2.38. The van der Waals surface area contributed by atoms with Crippen LogP contribution < -0.4 is 4.90 Å². The number of hydrogen-bond acceptors (Lipinski definition) is 5. The second-order valence-electron chi connectivity index (χ2n) is 8.29. The summed E-state index contributed by atoms with van der Waals surface area (Å²) in [6.45, 7) is 1.71. The molecule has 7 nitrogen and oxygen atoms in total. The SMILES string of the molecule is Cc1ccc(C(=O)O)cc1N1C(=O)c2cc3oc4ccccc4c4ccccc4oc3cc2C1=O. The minimum absolute atomic E-state index is 0.0192. The molecule has 170 valence electrons. The van der Waals surface area contributed by atoms with E-state index in [1.54, 1.807) is 13.0 Å². The van der Waals surface area contributed by atoms with Crippen LogP contribution in [-0.4, -0.2) is 22.9 Å². The van der Waals surface area contributed by atoms with Gasteiger partial charge in [-0.05, 0) is 48.9 Å². The molecule has 0 spiro atoms. The lowest BCUT2D eigenvalue weighted by molar-refractivity contribution is 0.0695. The number of carbonyl (C=O) groups excluding carboxylic acids is 2. The van der Waals surface area contributed by atoms with Gasteiger partial charge >= 0.3 is 5.97 Å². The Bertz CT molecular complexity index is 1690. The summed E-state index contributed by atoms with van der Waals surface area (Å²) in [5.41, 5.74) is 2.88. The Hall–Kier alpha value is -4.91. The van der Waals surface area contributed by atoms with Crippen LogP contribution in [0.15, 0.2) is 87.7 Å². The van der Waals surface area contributed by atoms with Crippen LogP contribution in [0, 0.1) is 6.92 Å². The summed E-state index contributed by atoms with van der Waals surface area (Å²) in [4.78, 5) is 39.3. The normalized spacial score (nSPS) is 13.0. The molecule has 1 aliphatic rings. The Morgan fingerprint density at radius 3 is 1.74 bits per heavy atom. The van der Waals surface area contributed by atoms with E-state index in [1.165, 1.54) is 24.3 Å². The van der Waals surface area contributed by atoms with Crippen LogP contribution in [0.2, 0.25) is 0 Å². The van der Waals surface area contributed by atoms with E-state index in [4.69, 9.17) is 8.83 Å². The van der Waals surface area contributed by atoms with Crippen LogP contribution in [0.25, 0.3) is 33.1 Å². The fourth-order valence-electron chi connectivity index (χ4n) is 4.40. The number of imide groups is 1. The van der Waals surface area contributed by atoms with Crippen molar-refractivity contribution in [3.05, 3.63) is 101 Å². The molecular formula is C28H17NO6. The minimum Gasteiger partial charge on any atom is -0.478 e. The zero-order valence-corrected chi connectivity index (χ0v) is 18.4. The first-order valence-electron chi connectivity index (χ1n) is 10.9.